The summed E-state index contributed by atoms with van der Waals surface area (Å²) >= 11 is 5.87. The van der Waals surface area contributed by atoms with E-state index in [2.05, 4.69) is 15.8 Å². The molecule has 0 saturated carbocycles. The van der Waals surface area contributed by atoms with Crippen LogP contribution in [0.3, 0.4) is 0 Å². The van der Waals surface area contributed by atoms with Gasteiger partial charge in [0, 0.05) is 5.02 Å². The van der Waals surface area contributed by atoms with Crippen LogP contribution in [0.4, 0.5) is 0 Å². The van der Waals surface area contributed by atoms with Crippen LogP contribution in [0.5, 0.6) is 11.5 Å². The van der Waals surface area contributed by atoms with Crippen LogP contribution in [0.15, 0.2) is 77.9 Å². The molecule has 3 rings (SSSR count). The van der Waals surface area contributed by atoms with Crippen LogP contribution in [0.2, 0.25) is 5.02 Å². The monoisotopic (exact) mass is 451 g/mol. The lowest BCUT2D eigenvalue weighted by molar-refractivity contribution is -0.120. The number of benzene rings is 3. The summed E-state index contributed by atoms with van der Waals surface area (Å²) in [7, 11) is 1.48. The maximum atomic E-state index is 12.2. The first-order valence-electron chi connectivity index (χ1n) is 9.75. The number of hydrazone groups is 1. The lowest BCUT2D eigenvalue weighted by atomic mass is 10.2. The van der Waals surface area contributed by atoms with Crippen LogP contribution in [-0.4, -0.2) is 31.7 Å². The van der Waals surface area contributed by atoms with Crippen molar-refractivity contribution in [2.45, 2.75) is 6.61 Å². The molecule has 0 bridgehead atoms. The van der Waals surface area contributed by atoms with Crippen molar-refractivity contribution >= 4 is 29.6 Å². The number of hydrogen-bond acceptors (Lipinski definition) is 5. The van der Waals surface area contributed by atoms with Gasteiger partial charge in [-0.1, -0.05) is 35.9 Å². The highest BCUT2D eigenvalue weighted by Crippen LogP contribution is 2.17. The van der Waals surface area contributed by atoms with Crippen LogP contribution in [0.25, 0.3) is 0 Å². The Kier molecular flexibility index (Phi) is 8.22. The van der Waals surface area contributed by atoms with Crippen molar-refractivity contribution in [3.63, 3.8) is 0 Å². The third-order valence-electron chi connectivity index (χ3n) is 4.36. The van der Waals surface area contributed by atoms with E-state index in [0.717, 1.165) is 11.1 Å². The summed E-state index contributed by atoms with van der Waals surface area (Å²) in [5, 5.41) is 7.12. The topological polar surface area (TPSA) is 89.0 Å². The van der Waals surface area contributed by atoms with Crippen molar-refractivity contribution in [3.05, 3.63) is 94.5 Å². The molecule has 0 unspecified atom stereocenters. The first-order valence-corrected chi connectivity index (χ1v) is 10.1. The summed E-state index contributed by atoms with van der Waals surface area (Å²) < 4.78 is 10.9. The fourth-order valence-electron chi connectivity index (χ4n) is 2.70. The molecule has 8 heteroatoms. The number of carbonyl (C=O) groups is 2. The van der Waals surface area contributed by atoms with E-state index in [1.54, 1.807) is 24.3 Å². The normalized spacial score (nSPS) is 10.6. The van der Waals surface area contributed by atoms with Gasteiger partial charge in [0.25, 0.3) is 11.8 Å². The van der Waals surface area contributed by atoms with Gasteiger partial charge >= 0.3 is 0 Å². The molecule has 0 spiro atoms. The number of hydrogen-bond donors (Lipinski definition) is 2. The number of methoxy groups -OCH3 is 1. The Balaban J connectivity index is 1.42. The second-order valence-corrected chi connectivity index (χ2v) is 7.10. The summed E-state index contributed by atoms with van der Waals surface area (Å²) in [4.78, 5) is 24.1. The van der Waals surface area contributed by atoms with Gasteiger partial charge in [0.1, 0.15) is 18.1 Å². The molecule has 7 nitrogen and oxygen atoms in total. The van der Waals surface area contributed by atoms with Gasteiger partial charge in [-0.25, -0.2) is 5.43 Å². The van der Waals surface area contributed by atoms with E-state index in [4.69, 9.17) is 21.1 Å². The molecule has 0 radical (unpaired) electrons. The molecule has 0 aliphatic carbocycles. The van der Waals surface area contributed by atoms with Gasteiger partial charge in [0.05, 0.1) is 25.4 Å². The molecule has 0 aliphatic heterocycles. The zero-order chi connectivity index (χ0) is 22.8. The molecule has 0 aliphatic rings. The van der Waals surface area contributed by atoms with Crippen molar-refractivity contribution in [1.29, 1.82) is 0 Å². The number of carbonyl (C=O) groups excluding carboxylic acids is 2. The van der Waals surface area contributed by atoms with Gasteiger partial charge in [-0.2, -0.15) is 5.10 Å². The largest absolute Gasteiger partial charge is 0.496 e. The van der Waals surface area contributed by atoms with E-state index >= 15 is 0 Å². The van der Waals surface area contributed by atoms with Crippen LogP contribution in [0.1, 0.15) is 21.5 Å². The molecule has 0 aromatic heterocycles. The van der Waals surface area contributed by atoms with Crippen molar-refractivity contribution in [1.82, 2.24) is 10.7 Å². The maximum absolute atomic E-state index is 12.2. The van der Waals surface area contributed by atoms with E-state index in [-0.39, 0.29) is 6.54 Å². The molecule has 0 saturated heterocycles. The summed E-state index contributed by atoms with van der Waals surface area (Å²) in [6, 6.07) is 21.5. The Bertz CT molecular complexity index is 1080. The second-order valence-electron chi connectivity index (χ2n) is 6.66. The average molecular weight is 452 g/mol. The molecule has 0 atom stereocenters. The van der Waals surface area contributed by atoms with E-state index in [9.17, 15) is 9.59 Å². The van der Waals surface area contributed by atoms with Crippen LogP contribution >= 0.6 is 11.6 Å². The van der Waals surface area contributed by atoms with Crippen molar-refractivity contribution in [2.24, 2.45) is 5.10 Å². The minimum atomic E-state index is -0.451. The molecular formula is C24H22ClN3O4. The summed E-state index contributed by atoms with van der Waals surface area (Å²) in [5.74, 6) is 0.285. The molecule has 3 aromatic rings. The van der Waals surface area contributed by atoms with Crippen molar-refractivity contribution in [2.75, 3.05) is 13.7 Å². The maximum Gasteiger partial charge on any atom is 0.259 e. The number of halogens is 1. The van der Waals surface area contributed by atoms with Crippen LogP contribution in [0, 0.1) is 0 Å². The zero-order valence-electron chi connectivity index (χ0n) is 17.4. The van der Waals surface area contributed by atoms with Gasteiger partial charge in [0.2, 0.25) is 0 Å². The van der Waals surface area contributed by atoms with E-state index in [0.29, 0.717) is 28.7 Å². The number of amides is 2. The highest BCUT2D eigenvalue weighted by atomic mass is 35.5. The molecule has 2 N–H and O–H groups in total. The lowest BCUT2D eigenvalue weighted by Crippen LogP contribution is -2.35. The Morgan fingerprint density at radius 3 is 2.44 bits per heavy atom. The van der Waals surface area contributed by atoms with Crippen LogP contribution < -0.4 is 20.2 Å². The molecular weight excluding hydrogens is 430 g/mol. The predicted molar refractivity (Wildman–Crippen MR) is 123 cm³/mol. The minimum Gasteiger partial charge on any atom is -0.496 e. The van der Waals surface area contributed by atoms with E-state index in [1.165, 1.54) is 13.3 Å². The lowest BCUT2D eigenvalue weighted by Gasteiger charge is -2.08. The summed E-state index contributed by atoms with van der Waals surface area (Å²) in [6.07, 6.45) is 1.50. The molecule has 0 fully saturated rings. The molecule has 32 heavy (non-hydrogen) atoms. The zero-order valence-corrected chi connectivity index (χ0v) is 18.1. The number of ether oxygens (including phenoxy) is 2. The molecule has 164 valence electrons. The van der Waals surface area contributed by atoms with Gasteiger partial charge in [-0.05, 0) is 59.7 Å². The highest BCUT2D eigenvalue weighted by molar-refractivity contribution is 6.30. The van der Waals surface area contributed by atoms with Crippen molar-refractivity contribution < 1.29 is 19.1 Å². The van der Waals surface area contributed by atoms with E-state index < -0.39 is 11.8 Å². The Hall–Kier alpha value is -3.84. The average Bonchev–Trinajstić information content (AvgIpc) is 2.83. The molecule has 0 heterocycles. The van der Waals surface area contributed by atoms with Gasteiger partial charge < -0.3 is 14.8 Å². The second kappa shape index (κ2) is 11.5. The fourth-order valence-corrected chi connectivity index (χ4v) is 2.83. The number of para-hydroxylation sites is 1. The van der Waals surface area contributed by atoms with E-state index in [1.807, 2.05) is 48.5 Å². The fraction of sp³-hybridized carbons (Fsp3) is 0.125. The number of nitrogens with zero attached hydrogens (tertiary/aromatic N) is 1. The Labute approximate surface area is 191 Å². The third kappa shape index (κ3) is 6.85. The van der Waals surface area contributed by atoms with Gasteiger partial charge in [-0.15, -0.1) is 0 Å². The minimum absolute atomic E-state index is 0.217. The summed E-state index contributed by atoms with van der Waals surface area (Å²) in [5.41, 5.74) is 4.52. The first-order chi connectivity index (χ1) is 15.5. The number of nitrogens with one attached hydrogen (secondary N) is 2. The quantitative estimate of drug-likeness (QED) is 0.382. The smallest absolute Gasteiger partial charge is 0.259 e. The van der Waals surface area contributed by atoms with Gasteiger partial charge in [0.15, 0.2) is 0 Å². The first kappa shape index (κ1) is 22.8. The molecule has 2 amide bonds. The van der Waals surface area contributed by atoms with Gasteiger partial charge in [-0.3, -0.25) is 9.59 Å². The Morgan fingerprint density at radius 2 is 1.72 bits per heavy atom. The number of rotatable bonds is 9. The SMILES string of the molecule is COc1ccccc1C(=O)NCC(=O)NN=Cc1ccc(OCc2ccc(Cl)cc2)cc1. The molecule has 3 aromatic carbocycles. The third-order valence-corrected chi connectivity index (χ3v) is 4.61. The summed E-state index contributed by atoms with van der Waals surface area (Å²) in [6.45, 7) is 0.215. The standard InChI is InChI=1S/C24H22ClN3O4/c1-31-22-5-3-2-4-21(22)24(30)26-15-23(29)28-27-14-17-8-12-20(13-9-17)32-16-18-6-10-19(25)11-7-18/h2-14H,15-16H2,1H3,(H,26,30)(H,28,29). The Morgan fingerprint density at radius 1 is 1.00 bits per heavy atom. The van der Waals surface area contributed by atoms with Crippen LogP contribution in [-0.2, 0) is 11.4 Å². The predicted octanol–water partition coefficient (Wildman–Crippen LogP) is 3.81. The highest BCUT2D eigenvalue weighted by Gasteiger charge is 2.12. The van der Waals surface area contributed by atoms with Crippen molar-refractivity contribution in [3.8, 4) is 11.5 Å².